The molecule has 1 N–H and O–H groups in total. The molecule has 0 amide bonds. The normalized spacial score (nSPS) is 17.7. The smallest absolute Gasteiger partial charge is 0.240 e. The maximum atomic E-state index is 12.2. The minimum atomic E-state index is -3.60. The zero-order valence-corrected chi connectivity index (χ0v) is 16.4. The van der Waals surface area contributed by atoms with Crippen LogP contribution in [0.1, 0.15) is 12.8 Å². The molecule has 1 heterocycles. The lowest BCUT2D eigenvalue weighted by molar-refractivity contribution is 0.152. The third-order valence-corrected chi connectivity index (χ3v) is 6.96. The summed E-state index contributed by atoms with van der Waals surface area (Å²) in [4.78, 5) is 4.90. The van der Waals surface area contributed by atoms with Gasteiger partial charge in [-0.1, -0.05) is 0 Å². The number of sulfone groups is 1. The van der Waals surface area contributed by atoms with Crippen molar-refractivity contribution in [2.75, 3.05) is 52.6 Å². The molecule has 0 bridgehead atoms. The first-order chi connectivity index (χ1) is 11.7. The van der Waals surface area contributed by atoms with Crippen molar-refractivity contribution in [3.63, 3.8) is 0 Å². The lowest BCUT2D eigenvalue weighted by atomic mass is 10.2. The van der Waals surface area contributed by atoms with Crippen molar-refractivity contribution in [1.29, 1.82) is 0 Å². The molecule has 0 saturated carbocycles. The SMILES string of the molecule is CN1CCN(CCCCNS(=O)(=O)c2ccc(S(C)(=O)=O)cc2)CC1. The van der Waals surface area contributed by atoms with Gasteiger partial charge in [-0.2, -0.15) is 0 Å². The molecule has 0 spiro atoms. The van der Waals surface area contributed by atoms with Gasteiger partial charge in [0.25, 0.3) is 0 Å². The van der Waals surface area contributed by atoms with E-state index < -0.39 is 19.9 Å². The van der Waals surface area contributed by atoms with E-state index >= 15 is 0 Å². The standard InChI is InChI=1S/C16H27N3O4S2/c1-18-11-13-19(14-12-18)10-4-3-9-17-25(22,23)16-7-5-15(6-8-16)24(2,20)21/h5-8,17H,3-4,9-14H2,1-2H3. The molecule has 2 rings (SSSR count). The zero-order chi connectivity index (χ0) is 18.5. The second-order valence-corrected chi connectivity index (χ2v) is 10.3. The fourth-order valence-corrected chi connectivity index (χ4v) is 4.39. The van der Waals surface area contributed by atoms with E-state index in [-0.39, 0.29) is 9.79 Å². The highest BCUT2D eigenvalue weighted by atomic mass is 32.2. The molecule has 1 aliphatic heterocycles. The van der Waals surface area contributed by atoms with Gasteiger partial charge in [0.1, 0.15) is 0 Å². The molecule has 25 heavy (non-hydrogen) atoms. The predicted molar refractivity (Wildman–Crippen MR) is 97.9 cm³/mol. The van der Waals surface area contributed by atoms with Crippen molar-refractivity contribution in [2.45, 2.75) is 22.6 Å². The molecule has 0 aliphatic carbocycles. The summed E-state index contributed by atoms with van der Waals surface area (Å²) in [6.45, 7) is 5.65. The molecule has 9 heteroatoms. The molecule has 1 fully saturated rings. The number of nitrogens with zero attached hydrogens (tertiary/aromatic N) is 2. The fourth-order valence-electron chi connectivity index (χ4n) is 2.69. The van der Waals surface area contributed by atoms with Crippen LogP contribution in [0.15, 0.2) is 34.1 Å². The van der Waals surface area contributed by atoms with Crippen molar-refractivity contribution in [1.82, 2.24) is 14.5 Å². The van der Waals surface area contributed by atoms with E-state index in [9.17, 15) is 16.8 Å². The van der Waals surface area contributed by atoms with Crippen LogP contribution in [0.5, 0.6) is 0 Å². The fraction of sp³-hybridized carbons (Fsp3) is 0.625. The summed E-state index contributed by atoms with van der Waals surface area (Å²) in [6, 6.07) is 5.28. The van der Waals surface area contributed by atoms with Gasteiger partial charge in [-0.3, -0.25) is 0 Å². The van der Waals surface area contributed by atoms with Crippen molar-refractivity contribution < 1.29 is 16.8 Å². The van der Waals surface area contributed by atoms with Crippen LogP contribution in [0.2, 0.25) is 0 Å². The Labute approximate surface area is 151 Å². The van der Waals surface area contributed by atoms with Crippen LogP contribution in [0, 0.1) is 0 Å². The van der Waals surface area contributed by atoms with Crippen LogP contribution in [-0.4, -0.2) is 79.2 Å². The first kappa shape index (κ1) is 20.3. The van der Waals surface area contributed by atoms with Crippen molar-refractivity contribution >= 4 is 19.9 Å². The number of unbranched alkanes of at least 4 members (excludes halogenated alkanes) is 1. The minimum absolute atomic E-state index is 0.0824. The van der Waals surface area contributed by atoms with E-state index in [0.29, 0.717) is 6.54 Å². The van der Waals surface area contributed by atoms with Gasteiger partial charge in [-0.15, -0.1) is 0 Å². The third-order valence-electron chi connectivity index (χ3n) is 4.35. The lowest BCUT2D eigenvalue weighted by Gasteiger charge is -2.32. The number of benzene rings is 1. The van der Waals surface area contributed by atoms with Gasteiger partial charge < -0.3 is 9.80 Å². The number of hydrogen-bond acceptors (Lipinski definition) is 6. The van der Waals surface area contributed by atoms with Gasteiger partial charge in [-0.05, 0) is 50.7 Å². The van der Waals surface area contributed by atoms with E-state index in [4.69, 9.17) is 0 Å². The molecule has 142 valence electrons. The highest BCUT2D eigenvalue weighted by Gasteiger charge is 2.16. The van der Waals surface area contributed by atoms with Crippen LogP contribution in [-0.2, 0) is 19.9 Å². The van der Waals surface area contributed by atoms with E-state index in [1.54, 1.807) is 0 Å². The van der Waals surface area contributed by atoms with Gasteiger partial charge in [0, 0.05) is 39.0 Å². The van der Waals surface area contributed by atoms with E-state index in [0.717, 1.165) is 51.8 Å². The van der Waals surface area contributed by atoms with Gasteiger partial charge in [0.15, 0.2) is 9.84 Å². The average molecular weight is 390 g/mol. The maximum Gasteiger partial charge on any atom is 0.240 e. The summed E-state index contributed by atoms with van der Waals surface area (Å²) in [5, 5.41) is 0. The zero-order valence-electron chi connectivity index (χ0n) is 14.8. The lowest BCUT2D eigenvalue weighted by Crippen LogP contribution is -2.44. The number of sulfonamides is 1. The van der Waals surface area contributed by atoms with Crippen LogP contribution in [0.25, 0.3) is 0 Å². The third kappa shape index (κ3) is 6.34. The van der Waals surface area contributed by atoms with Crippen molar-refractivity contribution in [2.24, 2.45) is 0 Å². The topological polar surface area (TPSA) is 86.8 Å². The maximum absolute atomic E-state index is 12.2. The first-order valence-corrected chi connectivity index (χ1v) is 11.8. The summed E-state index contributed by atoms with van der Waals surface area (Å²) >= 11 is 0. The Morgan fingerprint density at radius 1 is 0.920 bits per heavy atom. The van der Waals surface area contributed by atoms with Crippen LogP contribution >= 0.6 is 0 Å². The summed E-state index contributed by atoms with van der Waals surface area (Å²) < 4.78 is 49.8. The van der Waals surface area contributed by atoms with Crippen molar-refractivity contribution in [3.8, 4) is 0 Å². The molecular weight excluding hydrogens is 362 g/mol. The molecule has 0 radical (unpaired) electrons. The highest BCUT2D eigenvalue weighted by molar-refractivity contribution is 7.90. The second kappa shape index (κ2) is 8.59. The average Bonchev–Trinajstić information content (AvgIpc) is 2.55. The highest BCUT2D eigenvalue weighted by Crippen LogP contribution is 2.14. The molecule has 1 aromatic rings. The Morgan fingerprint density at radius 2 is 1.48 bits per heavy atom. The quantitative estimate of drug-likeness (QED) is 0.648. The Kier molecular flexibility index (Phi) is 6.98. The number of piperazine rings is 1. The molecule has 0 unspecified atom stereocenters. The summed E-state index contributed by atoms with van der Waals surface area (Å²) in [5.41, 5.74) is 0. The summed E-state index contributed by atoms with van der Waals surface area (Å²) in [6.07, 6.45) is 2.81. The van der Waals surface area contributed by atoms with E-state index in [2.05, 4.69) is 21.6 Å². The number of nitrogens with one attached hydrogen (secondary N) is 1. The van der Waals surface area contributed by atoms with E-state index in [1.165, 1.54) is 24.3 Å². The summed E-state index contributed by atoms with van der Waals surface area (Å²) in [7, 11) is -4.81. The van der Waals surface area contributed by atoms with Crippen LogP contribution in [0.4, 0.5) is 0 Å². The number of hydrogen-bond donors (Lipinski definition) is 1. The Bertz CT molecular complexity index is 753. The monoisotopic (exact) mass is 389 g/mol. The largest absolute Gasteiger partial charge is 0.304 e. The first-order valence-electron chi connectivity index (χ1n) is 8.39. The molecular formula is C16H27N3O4S2. The predicted octanol–water partition coefficient (Wildman–Crippen LogP) is 0.396. The van der Waals surface area contributed by atoms with Crippen molar-refractivity contribution in [3.05, 3.63) is 24.3 Å². The van der Waals surface area contributed by atoms with Gasteiger partial charge in [0.2, 0.25) is 10.0 Å². The molecule has 1 aliphatic rings. The molecule has 0 aromatic heterocycles. The van der Waals surface area contributed by atoms with Crippen LogP contribution < -0.4 is 4.72 Å². The van der Waals surface area contributed by atoms with E-state index in [1.807, 2.05) is 0 Å². The van der Waals surface area contributed by atoms with Gasteiger partial charge >= 0.3 is 0 Å². The Morgan fingerprint density at radius 3 is 2.04 bits per heavy atom. The number of rotatable bonds is 8. The Hall–Kier alpha value is -1.00. The number of likely N-dealkylation sites (N-methyl/N-ethyl adjacent to an activating group) is 1. The summed E-state index contributed by atoms with van der Waals surface area (Å²) in [5.74, 6) is 0. The molecule has 1 saturated heterocycles. The minimum Gasteiger partial charge on any atom is -0.304 e. The molecule has 1 aromatic carbocycles. The second-order valence-electron chi connectivity index (χ2n) is 6.49. The Balaban J connectivity index is 1.76. The molecule has 7 nitrogen and oxygen atoms in total. The van der Waals surface area contributed by atoms with Gasteiger partial charge in [-0.25, -0.2) is 21.6 Å². The molecule has 0 atom stereocenters. The van der Waals surface area contributed by atoms with Crippen LogP contribution in [0.3, 0.4) is 0 Å². The van der Waals surface area contributed by atoms with Gasteiger partial charge in [0.05, 0.1) is 9.79 Å².